The highest BCUT2D eigenvalue weighted by Gasteiger charge is 2.17. The van der Waals surface area contributed by atoms with Crippen molar-refractivity contribution in [2.75, 3.05) is 11.9 Å². The molecule has 0 aromatic heterocycles. The van der Waals surface area contributed by atoms with Gasteiger partial charge >= 0.3 is 5.97 Å². The Bertz CT molecular complexity index is 1670. The topological polar surface area (TPSA) is 132 Å². The van der Waals surface area contributed by atoms with Crippen molar-refractivity contribution in [3.63, 3.8) is 0 Å². The first-order valence-electron chi connectivity index (χ1n) is 11.6. The molecule has 39 heavy (non-hydrogen) atoms. The van der Waals surface area contributed by atoms with E-state index in [2.05, 4.69) is 21.2 Å². The van der Waals surface area contributed by atoms with E-state index in [-0.39, 0.29) is 35.1 Å². The van der Waals surface area contributed by atoms with Crippen LogP contribution in [0.25, 0.3) is 16.8 Å². The van der Waals surface area contributed by atoms with Gasteiger partial charge in [-0.2, -0.15) is 5.26 Å². The number of esters is 1. The molecule has 0 radical (unpaired) electrons. The number of anilines is 1. The smallest absolute Gasteiger partial charge is 0.344 e. The molecule has 10 heteroatoms. The molecule has 9 nitrogen and oxygen atoms in total. The van der Waals surface area contributed by atoms with E-state index in [1.165, 1.54) is 30.3 Å². The maximum absolute atomic E-state index is 13.0. The number of halogens is 1. The van der Waals surface area contributed by atoms with Gasteiger partial charge in [0.05, 0.1) is 22.8 Å². The van der Waals surface area contributed by atoms with Crippen molar-refractivity contribution in [2.24, 2.45) is 0 Å². The third-order valence-electron chi connectivity index (χ3n) is 5.57. The van der Waals surface area contributed by atoms with Gasteiger partial charge in [-0.3, -0.25) is 14.9 Å². The van der Waals surface area contributed by atoms with Crippen LogP contribution in [0.1, 0.15) is 22.8 Å². The van der Waals surface area contributed by atoms with Gasteiger partial charge in [0.2, 0.25) is 0 Å². The van der Waals surface area contributed by atoms with Crippen LogP contribution in [0.5, 0.6) is 11.5 Å². The summed E-state index contributed by atoms with van der Waals surface area (Å²) in [5.74, 6) is -0.821. The maximum atomic E-state index is 13.0. The highest BCUT2D eigenvalue weighted by molar-refractivity contribution is 9.10. The number of nitrogens with one attached hydrogen (secondary N) is 1. The second-order valence-corrected chi connectivity index (χ2v) is 8.95. The quantitative estimate of drug-likeness (QED) is 0.0609. The van der Waals surface area contributed by atoms with Gasteiger partial charge in [0.25, 0.3) is 11.6 Å². The molecule has 0 saturated heterocycles. The average Bonchev–Trinajstić information content (AvgIpc) is 2.93. The molecule has 0 atom stereocenters. The van der Waals surface area contributed by atoms with Gasteiger partial charge in [0, 0.05) is 16.6 Å². The van der Waals surface area contributed by atoms with Crippen molar-refractivity contribution in [3.8, 4) is 17.6 Å². The number of carbonyl (C=O) groups is 2. The number of nitro benzene ring substituents is 1. The van der Waals surface area contributed by atoms with E-state index in [1.54, 1.807) is 31.2 Å². The SMILES string of the molecule is CCOc1cc(/C=C(\C#N)C(=O)Nc2ccc([N+](=O)[O-])cc2Br)ccc1OC(=O)c1cccc2ccccc12. The Morgan fingerprint density at radius 1 is 1.05 bits per heavy atom. The molecule has 0 unspecified atom stereocenters. The fraction of sp³-hybridized carbons (Fsp3) is 0.0690. The predicted octanol–water partition coefficient (Wildman–Crippen LogP) is 6.67. The van der Waals surface area contributed by atoms with Crippen molar-refractivity contribution in [3.05, 3.63) is 110 Å². The maximum Gasteiger partial charge on any atom is 0.344 e. The molecule has 1 N–H and O–H groups in total. The Morgan fingerprint density at radius 3 is 2.54 bits per heavy atom. The highest BCUT2D eigenvalue weighted by atomic mass is 79.9. The van der Waals surface area contributed by atoms with E-state index in [0.29, 0.717) is 15.6 Å². The molecule has 0 fully saturated rings. The van der Waals surface area contributed by atoms with E-state index >= 15 is 0 Å². The zero-order chi connectivity index (χ0) is 27.9. The number of hydrogen-bond acceptors (Lipinski definition) is 7. The van der Waals surface area contributed by atoms with E-state index in [9.17, 15) is 25.0 Å². The lowest BCUT2D eigenvalue weighted by atomic mass is 10.0. The van der Waals surface area contributed by atoms with Crippen molar-refractivity contribution < 1.29 is 24.0 Å². The van der Waals surface area contributed by atoms with Gasteiger partial charge in [-0.1, -0.05) is 42.5 Å². The summed E-state index contributed by atoms with van der Waals surface area (Å²) in [6.07, 6.45) is 1.35. The van der Waals surface area contributed by atoms with Crippen LogP contribution in [0.4, 0.5) is 11.4 Å². The zero-order valence-electron chi connectivity index (χ0n) is 20.5. The third-order valence-corrected chi connectivity index (χ3v) is 6.22. The molecule has 4 aromatic rings. The van der Waals surface area contributed by atoms with Crippen molar-refractivity contribution >= 4 is 56.0 Å². The van der Waals surface area contributed by atoms with Gasteiger partial charge in [-0.25, -0.2) is 4.79 Å². The normalized spacial score (nSPS) is 10.9. The Kier molecular flexibility index (Phi) is 8.33. The van der Waals surface area contributed by atoms with Gasteiger partial charge in [0.1, 0.15) is 11.6 Å². The molecule has 0 spiro atoms. The first-order valence-corrected chi connectivity index (χ1v) is 12.4. The predicted molar refractivity (Wildman–Crippen MR) is 150 cm³/mol. The van der Waals surface area contributed by atoms with Gasteiger partial charge in [-0.15, -0.1) is 0 Å². The Labute approximate surface area is 231 Å². The number of nitrogens with zero attached hydrogens (tertiary/aromatic N) is 2. The molecule has 1 amide bonds. The van der Waals surface area contributed by atoms with Crippen LogP contribution in [0.15, 0.2) is 88.9 Å². The summed E-state index contributed by atoms with van der Waals surface area (Å²) < 4.78 is 11.6. The van der Waals surface area contributed by atoms with E-state index < -0.39 is 16.8 Å². The number of nitriles is 1. The monoisotopic (exact) mass is 585 g/mol. The number of nitro groups is 1. The largest absolute Gasteiger partial charge is 0.490 e. The average molecular weight is 586 g/mol. The molecule has 0 aliphatic rings. The Hall–Kier alpha value is -5.01. The molecule has 4 rings (SSSR count). The molecular formula is C29H20BrN3O6. The zero-order valence-corrected chi connectivity index (χ0v) is 22.1. The fourth-order valence-corrected chi connectivity index (χ4v) is 4.22. The summed E-state index contributed by atoms with van der Waals surface area (Å²) in [6, 6.07) is 23.2. The van der Waals surface area contributed by atoms with Crippen molar-refractivity contribution in [1.82, 2.24) is 0 Å². The number of amides is 1. The van der Waals surface area contributed by atoms with E-state index in [4.69, 9.17) is 9.47 Å². The molecule has 0 bridgehead atoms. The van der Waals surface area contributed by atoms with Crippen molar-refractivity contribution in [1.29, 1.82) is 5.26 Å². The third kappa shape index (κ3) is 6.29. The summed E-state index contributed by atoms with van der Waals surface area (Å²) in [4.78, 5) is 36.1. The number of ether oxygens (including phenoxy) is 2. The Morgan fingerprint density at radius 2 is 1.82 bits per heavy atom. The number of benzene rings is 4. The summed E-state index contributed by atoms with van der Waals surface area (Å²) >= 11 is 3.19. The van der Waals surface area contributed by atoms with E-state index in [1.807, 2.05) is 36.4 Å². The number of rotatable bonds is 8. The molecule has 0 heterocycles. The summed E-state index contributed by atoms with van der Waals surface area (Å²) in [5.41, 5.74) is 0.750. The minimum atomic E-state index is -0.712. The minimum Gasteiger partial charge on any atom is -0.490 e. The number of non-ortho nitro benzene ring substituents is 1. The second kappa shape index (κ2) is 12.0. The van der Waals surface area contributed by atoms with Crippen LogP contribution in [-0.2, 0) is 4.79 Å². The van der Waals surface area contributed by atoms with E-state index in [0.717, 1.165) is 10.8 Å². The standard InChI is InChI=1S/C29H20BrN3O6/c1-2-38-27-15-18(14-20(17-31)28(34)32-25-12-11-21(33(36)37)16-24(25)30)10-13-26(27)39-29(35)23-9-5-7-19-6-3-4-8-22(19)23/h3-16H,2H2,1H3,(H,32,34)/b20-14+. The van der Waals surface area contributed by atoms with Crippen LogP contribution >= 0.6 is 15.9 Å². The molecule has 4 aromatic carbocycles. The minimum absolute atomic E-state index is 0.152. The number of carbonyl (C=O) groups excluding carboxylic acids is 2. The lowest BCUT2D eigenvalue weighted by Gasteiger charge is -2.12. The lowest BCUT2D eigenvalue weighted by molar-refractivity contribution is -0.384. The van der Waals surface area contributed by atoms with Crippen LogP contribution in [0.3, 0.4) is 0 Å². The van der Waals surface area contributed by atoms with Crippen molar-refractivity contribution in [2.45, 2.75) is 6.92 Å². The summed E-state index contributed by atoms with van der Waals surface area (Å²) in [6.45, 7) is 2.06. The van der Waals surface area contributed by atoms with Gasteiger partial charge < -0.3 is 14.8 Å². The summed E-state index contributed by atoms with van der Waals surface area (Å²) in [7, 11) is 0. The van der Waals surface area contributed by atoms with Gasteiger partial charge in [-0.05, 0) is 69.5 Å². The first kappa shape index (κ1) is 27.0. The van der Waals surface area contributed by atoms with Crippen LogP contribution in [0, 0.1) is 21.4 Å². The Balaban J connectivity index is 1.57. The fourth-order valence-electron chi connectivity index (χ4n) is 3.75. The number of fused-ring (bicyclic) bond motifs is 1. The van der Waals surface area contributed by atoms with Gasteiger partial charge in [0.15, 0.2) is 11.5 Å². The molecule has 0 aliphatic carbocycles. The molecule has 0 aliphatic heterocycles. The number of hydrogen-bond donors (Lipinski definition) is 1. The van der Waals surface area contributed by atoms with Crippen LogP contribution in [0.2, 0.25) is 0 Å². The molecule has 194 valence electrons. The molecule has 0 saturated carbocycles. The van der Waals surface area contributed by atoms with Crippen LogP contribution < -0.4 is 14.8 Å². The lowest BCUT2D eigenvalue weighted by Crippen LogP contribution is -2.14. The highest BCUT2D eigenvalue weighted by Crippen LogP contribution is 2.32. The first-order chi connectivity index (χ1) is 18.8. The van der Waals surface area contributed by atoms with Crippen LogP contribution in [-0.4, -0.2) is 23.4 Å². The second-order valence-electron chi connectivity index (χ2n) is 8.10. The molecular weight excluding hydrogens is 566 g/mol. The summed E-state index contributed by atoms with van der Waals surface area (Å²) in [5, 5.41) is 24.8.